The maximum Gasteiger partial charge on any atom is 0.322 e. The minimum Gasteiger partial charge on any atom is -0.481 e. The van der Waals surface area contributed by atoms with Crippen molar-refractivity contribution in [2.24, 2.45) is 34.0 Å². The van der Waals surface area contributed by atoms with Crippen molar-refractivity contribution in [1.82, 2.24) is 52.5 Å². The van der Waals surface area contributed by atoms with Gasteiger partial charge in [-0.2, -0.15) is 23.5 Å². The number of rotatable bonds is 34. The molecule has 0 aliphatic carbocycles. The van der Waals surface area contributed by atoms with Gasteiger partial charge in [0, 0.05) is 24.9 Å². The number of carboxylic acids is 2. The fourth-order valence-electron chi connectivity index (χ4n) is 6.43. The quantitative estimate of drug-likeness (QED) is 0.0182. The Morgan fingerprint density at radius 1 is 0.657 bits per heavy atom. The zero-order chi connectivity index (χ0) is 53.1. The highest BCUT2D eigenvalue weighted by molar-refractivity contribution is 7.98. The number of nitrogens with two attached hydrogens (primary N) is 3. The van der Waals surface area contributed by atoms with Crippen molar-refractivity contribution in [2.45, 2.75) is 128 Å². The van der Waals surface area contributed by atoms with Crippen LogP contribution in [0.2, 0.25) is 0 Å². The lowest BCUT2D eigenvalue weighted by atomic mass is 10.00. The van der Waals surface area contributed by atoms with Crippen molar-refractivity contribution < 1.29 is 58.2 Å². The Kier molecular flexibility index (Phi) is 28.8. The minimum atomic E-state index is -1.71. The van der Waals surface area contributed by atoms with Crippen molar-refractivity contribution in [3.63, 3.8) is 0 Å². The maximum atomic E-state index is 13.9. The second-order valence-electron chi connectivity index (χ2n) is 17.0. The molecule has 28 heteroatoms. The number of carboxylic acid groups (broad SMARTS) is 2. The molecular formula is C42H72N14O12S2. The molecule has 0 radical (unpaired) electrons. The van der Waals surface area contributed by atoms with Crippen molar-refractivity contribution in [1.29, 1.82) is 0 Å². The van der Waals surface area contributed by atoms with E-state index in [1.165, 1.54) is 43.0 Å². The number of hydrogen-bond donors (Lipinski definition) is 14. The van der Waals surface area contributed by atoms with E-state index < -0.39 is 126 Å². The van der Waals surface area contributed by atoms with Crippen LogP contribution < -0.4 is 59.7 Å². The molecule has 0 aromatic carbocycles. The summed E-state index contributed by atoms with van der Waals surface area (Å²) in [6.45, 7) is 7.48. The van der Waals surface area contributed by atoms with Crippen molar-refractivity contribution in [3.05, 3.63) is 18.2 Å². The Bertz CT molecular complexity index is 1940. The first kappa shape index (κ1) is 61.9. The van der Waals surface area contributed by atoms with Gasteiger partial charge in [-0.3, -0.25) is 52.9 Å². The van der Waals surface area contributed by atoms with E-state index in [-0.39, 0.29) is 56.9 Å². The molecule has 0 fully saturated rings. The topological polar surface area (TPSA) is 426 Å². The zero-order valence-corrected chi connectivity index (χ0v) is 42.3. The molecule has 1 rings (SSSR count). The Labute approximate surface area is 415 Å². The lowest BCUT2D eigenvalue weighted by molar-refractivity contribution is -0.142. The Hall–Kier alpha value is -6.16. The van der Waals surface area contributed by atoms with Crippen LogP contribution in [0.25, 0.3) is 0 Å². The van der Waals surface area contributed by atoms with Gasteiger partial charge in [-0.15, -0.1) is 0 Å². The predicted octanol–water partition coefficient (Wildman–Crippen LogP) is -3.37. The lowest BCUT2D eigenvalue weighted by Gasteiger charge is -2.29. The van der Waals surface area contributed by atoms with E-state index in [1.807, 2.05) is 0 Å². The van der Waals surface area contributed by atoms with Crippen LogP contribution in [-0.4, -0.2) is 171 Å². The Balaban J connectivity index is 3.24. The van der Waals surface area contributed by atoms with Crippen LogP contribution in [0.15, 0.2) is 17.5 Å². The summed E-state index contributed by atoms with van der Waals surface area (Å²) in [4.78, 5) is 142. The zero-order valence-electron chi connectivity index (χ0n) is 40.6. The molecule has 0 unspecified atom stereocenters. The van der Waals surface area contributed by atoms with E-state index >= 15 is 0 Å². The molecule has 0 bridgehead atoms. The van der Waals surface area contributed by atoms with E-state index in [4.69, 9.17) is 22.3 Å². The number of aliphatic carboxylic acids is 2. The number of aliphatic imine (C=N–C) groups is 1. The van der Waals surface area contributed by atoms with Gasteiger partial charge < -0.3 is 74.9 Å². The summed E-state index contributed by atoms with van der Waals surface area (Å²) in [6.07, 6.45) is 6.11. The minimum absolute atomic E-state index is 0.00937. The van der Waals surface area contributed by atoms with E-state index in [1.54, 1.807) is 40.2 Å². The van der Waals surface area contributed by atoms with Gasteiger partial charge in [0.15, 0.2) is 5.96 Å². The monoisotopic (exact) mass is 1030 g/mol. The molecule has 0 aliphatic rings. The maximum absolute atomic E-state index is 13.9. The number of H-pyrrole nitrogens is 1. The van der Waals surface area contributed by atoms with Crippen LogP contribution in [0.5, 0.6) is 0 Å². The molecule has 394 valence electrons. The molecule has 1 aromatic heterocycles. The highest BCUT2D eigenvalue weighted by Gasteiger charge is 2.35. The fourth-order valence-corrected chi connectivity index (χ4v) is 7.37. The molecule has 0 spiro atoms. The average Bonchev–Trinajstić information content (AvgIpc) is 3.79. The second-order valence-corrected chi connectivity index (χ2v) is 19.0. The van der Waals surface area contributed by atoms with Crippen molar-refractivity contribution in [3.8, 4) is 0 Å². The highest BCUT2D eigenvalue weighted by atomic mass is 32.2. The van der Waals surface area contributed by atoms with Gasteiger partial charge in [0.2, 0.25) is 47.3 Å². The molecule has 0 saturated carbocycles. The lowest BCUT2D eigenvalue weighted by Crippen LogP contribution is -2.61. The summed E-state index contributed by atoms with van der Waals surface area (Å²) in [7, 11) is 0. The van der Waals surface area contributed by atoms with Gasteiger partial charge in [0.05, 0.1) is 18.8 Å². The molecule has 1 heterocycles. The van der Waals surface area contributed by atoms with Gasteiger partial charge in [0.25, 0.3) is 0 Å². The predicted molar refractivity (Wildman–Crippen MR) is 263 cm³/mol. The van der Waals surface area contributed by atoms with E-state index in [0.29, 0.717) is 17.2 Å². The van der Waals surface area contributed by atoms with Crippen LogP contribution in [0.1, 0.15) is 78.8 Å². The van der Waals surface area contributed by atoms with Crippen LogP contribution >= 0.6 is 23.5 Å². The van der Waals surface area contributed by atoms with Crippen LogP contribution in [0.4, 0.5) is 0 Å². The molecule has 0 aliphatic heterocycles. The molecule has 8 amide bonds. The number of carbonyl (C=O) groups is 10. The third kappa shape index (κ3) is 24.4. The first-order valence-corrected chi connectivity index (χ1v) is 25.3. The number of aromatic nitrogens is 2. The standard InChI is InChI=1S/C42H72N14O12S2/c1-21(2)15-29(54-35(62)25(43)16-24-18-46-20-49-24)39(66)55-30(17-31(57)58)40(67)56-33(22(3)4)41(68)53-28(11-14-70-7)38(65)52-27(10-13-69-6)37(64)50-23(5)34(61)51-26(9-8-12-47-42(44)45)36(63)48-19-32(59)60/h18,20-23,25-30,33H,8-17,19,43H2,1-7H3,(H,46,49)(H,48,63)(H,50,64)(H,51,61)(H,52,65)(H,53,68)(H,54,62)(H,55,66)(H,56,67)(H,57,58)(H,59,60)(H4,44,45,47)/t23-,25-,26-,27-,28-,29-,30-,33-/m0/s1. The number of nitrogens with one attached hydrogen (secondary N) is 9. The summed E-state index contributed by atoms with van der Waals surface area (Å²) >= 11 is 2.73. The largest absolute Gasteiger partial charge is 0.481 e. The van der Waals surface area contributed by atoms with Crippen molar-refractivity contribution in [2.75, 3.05) is 37.1 Å². The number of imidazole rings is 1. The number of hydrogen-bond acceptors (Lipinski definition) is 15. The van der Waals surface area contributed by atoms with Gasteiger partial charge in [-0.1, -0.05) is 27.7 Å². The van der Waals surface area contributed by atoms with Crippen LogP contribution in [0, 0.1) is 11.8 Å². The summed E-state index contributed by atoms with van der Waals surface area (Å²) < 4.78 is 0. The molecule has 8 atom stereocenters. The van der Waals surface area contributed by atoms with Crippen molar-refractivity contribution >= 4 is 88.7 Å². The fraction of sp³-hybridized carbons (Fsp3) is 0.667. The van der Waals surface area contributed by atoms with Crippen LogP contribution in [-0.2, 0) is 54.4 Å². The third-order valence-corrected chi connectivity index (χ3v) is 11.4. The summed E-state index contributed by atoms with van der Waals surface area (Å²) in [5, 5.41) is 38.7. The molecule has 26 nitrogen and oxygen atoms in total. The average molecular weight is 1030 g/mol. The smallest absolute Gasteiger partial charge is 0.322 e. The van der Waals surface area contributed by atoms with E-state index in [0.717, 1.165) is 0 Å². The summed E-state index contributed by atoms with van der Waals surface area (Å²) in [5.74, 6) is -9.59. The number of nitrogens with zero attached hydrogens (tertiary/aromatic N) is 2. The number of carbonyl (C=O) groups excluding carboxylic acids is 8. The van der Waals surface area contributed by atoms with Gasteiger partial charge >= 0.3 is 11.9 Å². The Morgan fingerprint density at radius 2 is 1.17 bits per heavy atom. The number of thioether (sulfide) groups is 2. The first-order chi connectivity index (χ1) is 32.9. The molecule has 0 saturated heterocycles. The first-order valence-electron chi connectivity index (χ1n) is 22.5. The summed E-state index contributed by atoms with van der Waals surface area (Å²) in [6, 6.07) is -10.4. The number of aromatic amines is 1. The molecular weight excluding hydrogens is 957 g/mol. The molecule has 17 N–H and O–H groups in total. The molecule has 1 aromatic rings. The van der Waals surface area contributed by atoms with Gasteiger partial charge in [-0.25, -0.2) is 4.98 Å². The third-order valence-electron chi connectivity index (χ3n) is 10.2. The van der Waals surface area contributed by atoms with Gasteiger partial charge in [0.1, 0.15) is 48.8 Å². The Morgan fingerprint density at radius 3 is 1.69 bits per heavy atom. The van der Waals surface area contributed by atoms with Gasteiger partial charge in [-0.05, 0) is 74.9 Å². The second kappa shape index (κ2) is 32.6. The molecule has 70 heavy (non-hydrogen) atoms. The van der Waals surface area contributed by atoms with E-state index in [9.17, 15) is 53.1 Å². The SMILES string of the molecule is CSCC[C@H](NC(=O)[C@H](CCSC)NC(=O)[C@@H](NC(=O)[C@H](CC(=O)O)NC(=O)[C@H](CC(C)C)NC(=O)[C@@H](N)Cc1cnc[nH]1)C(C)C)C(=O)N[C@@H](C)C(=O)N[C@@H](CCCN=C(N)N)C(=O)NCC(=O)O. The number of guanidine groups is 1. The van der Waals surface area contributed by atoms with E-state index in [2.05, 4.69) is 57.5 Å². The normalized spacial score (nSPS) is 14.5. The summed E-state index contributed by atoms with van der Waals surface area (Å²) in [5.41, 5.74) is 17.3. The highest BCUT2D eigenvalue weighted by Crippen LogP contribution is 2.11. The number of amides is 8. The van der Waals surface area contributed by atoms with Crippen LogP contribution in [0.3, 0.4) is 0 Å².